The summed E-state index contributed by atoms with van der Waals surface area (Å²) in [7, 11) is 0. The predicted molar refractivity (Wildman–Crippen MR) is 52.9 cm³/mol. The first-order chi connectivity index (χ1) is 5.42. The third-order valence-corrected chi connectivity index (χ3v) is 2.11. The first-order valence-electron chi connectivity index (χ1n) is 3.26. The summed E-state index contributed by atoms with van der Waals surface area (Å²) in [5.41, 5.74) is 1.06. The summed E-state index contributed by atoms with van der Waals surface area (Å²) in [4.78, 5) is 3.11. The van der Waals surface area contributed by atoms with Crippen molar-refractivity contribution in [2.45, 2.75) is 0 Å². The standard InChI is InChI=1S/C8H6INO/c9-11-7-3-1-2-6-4-5-10-8(6)7/h1-5,10H. The van der Waals surface area contributed by atoms with Crippen LogP contribution >= 0.6 is 23.0 Å². The van der Waals surface area contributed by atoms with Crippen molar-refractivity contribution in [2.24, 2.45) is 0 Å². The normalized spacial score (nSPS) is 10.3. The molecule has 0 saturated carbocycles. The fraction of sp³-hybridized carbons (Fsp3) is 0. The molecule has 0 saturated heterocycles. The molecule has 0 aliphatic heterocycles. The second kappa shape index (κ2) is 2.73. The molecule has 0 atom stereocenters. The summed E-state index contributed by atoms with van der Waals surface area (Å²) in [6.07, 6.45) is 1.91. The number of aromatic amines is 1. The van der Waals surface area contributed by atoms with Crippen LogP contribution in [0, 0.1) is 0 Å². The van der Waals surface area contributed by atoms with Gasteiger partial charge in [0.25, 0.3) is 0 Å². The van der Waals surface area contributed by atoms with E-state index in [2.05, 4.69) is 4.98 Å². The Morgan fingerprint density at radius 3 is 3.00 bits per heavy atom. The first-order valence-corrected chi connectivity index (χ1v) is 4.14. The van der Waals surface area contributed by atoms with Gasteiger partial charge in [-0.25, -0.2) is 0 Å². The lowest BCUT2D eigenvalue weighted by Gasteiger charge is -1.96. The van der Waals surface area contributed by atoms with Crippen LogP contribution in [-0.2, 0) is 0 Å². The van der Waals surface area contributed by atoms with Crippen LogP contribution in [-0.4, -0.2) is 4.98 Å². The molecule has 1 heterocycles. The SMILES string of the molecule is IOc1cccc2cc[nH]c12. The van der Waals surface area contributed by atoms with Gasteiger partial charge in [0.2, 0.25) is 0 Å². The number of benzene rings is 1. The van der Waals surface area contributed by atoms with Gasteiger partial charge in [-0.05, 0) is 12.1 Å². The van der Waals surface area contributed by atoms with Crippen LogP contribution in [0.2, 0.25) is 0 Å². The summed E-state index contributed by atoms with van der Waals surface area (Å²) in [5.74, 6) is 0.883. The molecular weight excluding hydrogens is 253 g/mol. The van der Waals surface area contributed by atoms with E-state index < -0.39 is 0 Å². The minimum atomic E-state index is 0.883. The van der Waals surface area contributed by atoms with Crippen LogP contribution in [0.15, 0.2) is 30.5 Å². The van der Waals surface area contributed by atoms with Crippen LogP contribution in [0.5, 0.6) is 5.75 Å². The topological polar surface area (TPSA) is 25.0 Å². The van der Waals surface area contributed by atoms with E-state index in [1.807, 2.05) is 53.5 Å². The molecule has 2 aromatic rings. The summed E-state index contributed by atoms with van der Waals surface area (Å²) in [6.45, 7) is 0. The van der Waals surface area contributed by atoms with E-state index in [1.54, 1.807) is 0 Å². The fourth-order valence-corrected chi connectivity index (χ4v) is 1.49. The average molecular weight is 259 g/mol. The van der Waals surface area contributed by atoms with Crippen LogP contribution in [0.1, 0.15) is 0 Å². The Kier molecular flexibility index (Phi) is 1.73. The van der Waals surface area contributed by atoms with Gasteiger partial charge in [0.15, 0.2) is 28.8 Å². The van der Waals surface area contributed by atoms with Crippen molar-refractivity contribution >= 4 is 33.9 Å². The molecule has 0 aliphatic rings. The van der Waals surface area contributed by atoms with Crippen LogP contribution in [0.25, 0.3) is 10.9 Å². The number of hydrogen-bond acceptors (Lipinski definition) is 1. The highest BCUT2D eigenvalue weighted by molar-refractivity contribution is 14.1. The van der Waals surface area contributed by atoms with Crippen LogP contribution in [0.4, 0.5) is 0 Å². The predicted octanol–water partition coefficient (Wildman–Crippen LogP) is 2.90. The third-order valence-electron chi connectivity index (χ3n) is 1.63. The van der Waals surface area contributed by atoms with Crippen LogP contribution < -0.4 is 3.07 Å². The van der Waals surface area contributed by atoms with E-state index in [0.717, 1.165) is 11.3 Å². The molecule has 0 spiro atoms. The van der Waals surface area contributed by atoms with E-state index in [0.29, 0.717) is 0 Å². The van der Waals surface area contributed by atoms with Gasteiger partial charge in [-0.2, -0.15) is 0 Å². The molecule has 1 N–H and O–H groups in total. The molecule has 0 aliphatic carbocycles. The van der Waals surface area contributed by atoms with Crippen molar-refractivity contribution in [1.29, 1.82) is 0 Å². The highest BCUT2D eigenvalue weighted by Crippen LogP contribution is 2.24. The molecule has 11 heavy (non-hydrogen) atoms. The second-order valence-corrected chi connectivity index (χ2v) is 2.72. The number of fused-ring (bicyclic) bond motifs is 1. The van der Waals surface area contributed by atoms with Crippen molar-refractivity contribution in [3.05, 3.63) is 30.5 Å². The van der Waals surface area contributed by atoms with Crippen molar-refractivity contribution in [3.8, 4) is 5.75 Å². The van der Waals surface area contributed by atoms with Gasteiger partial charge in [0, 0.05) is 11.6 Å². The second-order valence-electron chi connectivity index (χ2n) is 2.28. The van der Waals surface area contributed by atoms with Gasteiger partial charge in [0.1, 0.15) is 0 Å². The number of para-hydroxylation sites is 1. The highest BCUT2D eigenvalue weighted by Gasteiger charge is 1.99. The molecule has 2 nitrogen and oxygen atoms in total. The molecule has 2 rings (SSSR count). The Morgan fingerprint density at radius 2 is 2.18 bits per heavy atom. The number of rotatable bonds is 1. The van der Waals surface area contributed by atoms with Crippen molar-refractivity contribution in [2.75, 3.05) is 0 Å². The van der Waals surface area contributed by atoms with Crippen molar-refractivity contribution in [1.82, 2.24) is 4.98 Å². The first kappa shape index (κ1) is 6.97. The number of halogens is 1. The molecule has 1 aromatic heterocycles. The van der Waals surface area contributed by atoms with Gasteiger partial charge < -0.3 is 8.05 Å². The summed E-state index contributed by atoms with van der Waals surface area (Å²) >= 11 is 1.88. The van der Waals surface area contributed by atoms with Gasteiger partial charge in [-0.3, -0.25) is 0 Å². The maximum Gasteiger partial charge on any atom is 0.192 e. The smallest absolute Gasteiger partial charge is 0.192 e. The number of nitrogens with one attached hydrogen (secondary N) is 1. The molecule has 3 heteroatoms. The lowest BCUT2D eigenvalue weighted by atomic mass is 10.2. The minimum absolute atomic E-state index is 0.883. The number of hydrogen-bond donors (Lipinski definition) is 1. The summed E-state index contributed by atoms with van der Waals surface area (Å²) in [6, 6.07) is 7.98. The zero-order valence-electron chi connectivity index (χ0n) is 5.67. The van der Waals surface area contributed by atoms with Gasteiger partial charge in [-0.15, -0.1) is 0 Å². The molecule has 56 valence electrons. The molecule has 0 bridgehead atoms. The monoisotopic (exact) mass is 259 g/mol. The van der Waals surface area contributed by atoms with Gasteiger partial charge in [-0.1, -0.05) is 12.1 Å². The van der Waals surface area contributed by atoms with Crippen molar-refractivity contribution in [3.63, 3.8) is 0 Å². The lowest BCUT2D eigenvalue weighted by molar-refractivity contribution is 0.724. The summed E-state index contributed by atoms with van der Waals surface area (Å²) in [5, 5.41) is 1.18. The van der Waals surface area contributed by atoms with E-state index in [9.17, 15) is 0 Å². The van der Waals surface area contributed by atoms with E-state index >= 15 is 0 Å². The average Bonchev–Trinajstić information content (AvgIpc) is 2.50. The molecule has 0 amide bonds. The van der Waals surface area contributed by atoms with Crippen LogP contribution in [0.3, 0.4) is 0 Å². The Bertz CT molecular complexity index is 369. The van der Waals surface area contributed by atoms with Gasteiger partial charge >= 0.3 is 0 Å². The number of aromatic nitrogens is 1. The van der Waals surface area contributed by atoms with E-state index in [4.69, 9.17) is 3.07 Å². The highest BCUT2D eigenvalue weighted by atomic mass is 127. The maximum absolute atomic E-state index is 5.12. The van der Waals surface area contributed by atoms with E-state index in [-0.39, 0.29) is 0 Å². The largest absolute Gasteiger partial charge is 0.425 e. The Balaban J connectivity index is 2.79. The zero-order valence-corrected chi connectivity index (χ0v) is 7.83. The fourth-order valence-electron chi connectivity index (χ4n) is 1.12. The summed E-state index contributed by atoms with van der Waals surface area (Å²) < 4.78 is 5.12. The lowest BCUT2D eigenvalue weighted by Crippen LogP contribution is -1.75. The quantitative estimate of drug-likeness (QED) is 0.782. The van der Waals surface area contributed by atoms with Crippen molar-refractivity contribution < 1.29 is 3.07 Å². The number of H-pyrrole nitrogens is 1. The minimum Gasteiger partial charge on any atom is -0.425 e. The molecule has 0 unspecified atom stereocenters. The van der Waals surface area contributed by atoms with E-state index in [1.165, 1.54) is 5.39 Å². The Hall–Kier alpha value is -0.710. The maximum atomic E-state index is 5.12. The van der Waals surface area contributed by atoms with Gasteiger partial charge in [0.05, 0.1) is 5.52 Å². The Morgan fingerprint density at radius 1 is 1.27 bits per heavy atom. The molecule has 0 fully saturated rings. The third kappa shape index (κ3) is 1.09. The Labute approximate surface area is 78.2 Å². The molecule has 1 aromatic carbocycles. The molecular formula is C8H6INO. The zero-order chi connectivity index (χ0) is 7.68. The molecule has 0 radical (unpaired) electrons.